The van der Waals surface area contributed by atoms with Gasteiger partial charge in [0.25, 0.3) is 15.9 Å². The first-order valence-electron chi connectivity index (χ1n) is 9.14. The molecule has 0 unspecified atom stereocenters. The Bertz CT molecular complexity index is 1500. The average molecular weight is 454 g/mol. The molecule has 0 saturated heterocycles. The Hall–Kier alpha value is -4.25. The van der Waals surface area contributed by atoms with Crippen LogP contribution in [0.3, 0.4) is 0 Å². The van der Waals surface area contributed by atoms with Crippen molar-refractivity contribution in [2.75, 3.05) is 10.0 Å². The lowest BCUT2D eigenvalue weighted by Gasteiger charge is -2.11. The van der Waals surface area contributed by atoms with Crippen molar-refractivity contribution in [3.63, 3.8) is 0 Å². The third-order valence-electron chi connectivity index (χ3n) is 4.48. The number of pyridine rings is 2. The van der Waals surface area contributed by atoms with E-state index in [0.29, 0.717) is 0 Å². The highest BCUT2D eigenvalue weighted by Gasteiger charge is 2.19. The van der Waals surface area contributed by atoms with Crippen LogP contribution in [0.5, 0.6) is 5.75 Å². The van der Waals surface area contributed by atoms with E-state index >= 15 is 0 Å². The van der Waals surface area contributed by atoms with Crippen LogP contribution in [-0.2, 0) is 10.0 Å². The lowest BCUT2D eigenvalue weighted by atomic mass is 10.1. The number of amides is 1. The Morgan fingerprint density at radius 2 is 1.81 bits per heavy atom. The van der Waals surface area contributed by atoms with Crippen LogP contribution < -0.4 is 15.6 Å². The topological polar surface area (TPSA) is 141 Å². The van der Waals surface area contributed by atoms with Crippen molar-refractivity contribution in [2.24, 2.45) is 0 Å². The zero-order chi connectivity index (χ0) is 22.9. The summed E-state index contributed by atoms with van der Waals surface area (Å²) in [5, 5.41) is 12.4. The van der Waals surface area contributed by atoms with Crippen molar-refractivity contribution in [3.8, 4) is 5.75 Å². The maximum absolute atomic E-state index is 13.1. The van der Waals surface area contributed by atoms with Gasteiger partial charge in [0, 0.05) is 28.9 Å². The number of anilines is 2. The van der Waals surface area contributed by atoms with Gasteiger partial charge in [-0.3, -0.25) is 14.3 Å². The number of carbonyl (C=O) groups excluding carboxylic acids is 1. The number of rotatable bonds is 5. The Morgan fingerprint density at radius 3 is 2.53 bits per heavy atom. The summed E-state index contributed by atoms with van der Waals surface area (Å²) in [7, 11) is -4.08. The van der Waals surface area contributed by atoms with Crippen molar-refractivity contribution < 1.29 is 22.7 Å². The third-order valence-corrected chi connectivity index (χ3v) is 5.86. The molecular formula is C21H15FN4O5S. The number of sulfonamides is 1. The zero-order valence-electron chi connectivity index (χ0n) is 16.2. The van der Waals surface area contributed by atoms with E-state index in [-0.39, 0.29) is 38.6 Å². The molecule has 2 aromatic heterocycles. The van der Waals surface area contributed by atoms with E-state index in [1.807, 2.05) is 0 Å². The summed E-state index contributed by atoms with van der Waals surface area (Å²) in [6.07, 6.45) is 1.36. The van der Waals surface area contributed by atoms with Crippen molar-refractivity contribution in [1.29, 1.82) is 0 Å². The van der Waals surface area contributed by atoms with Gasteiger partial charge in [-0.2, -0.15) is 0 Å². The smallest absolute Gasteiger partial charge is 0.261 e. The highest BCUT2D eigenvalue weighted by Crippen LogP contribution is 2.24. The SMILES string of the molecule is O=C(Nc1ncccc1O)c1cc(=O)[nH]c2ccc(S(=O)(=O)Nc3ccc(F)cc3)cc12. The van der Waals surface area contributed by atoms with Crippen molar-refractivity contribution in [3.05, 3.63) is 88.6 Å². The number of halogens is 1. The lowest BCUT2D eigenvalue weighted by molar-refractivity contribution is 0.102. The Morgan fingerprint density at radius 1 is 1.06 bits per heavy atom. The Balaban J connectivity index is 1.75. The van der Waals surface area contributed by atoms with Gasteiger partial charge in [0.05, 0.1) is 10.5 Å². The summed E-state index contributed by atoms with van der Waals surface area (Å²) in [5.41, 5.74) is -0.314. The number of nitrogens with zero attached hydrogens (tertiary/aromatic N) is 1. The molecule has 4 rings (SSSR count). The molecule has 32 heavy (non-hydrogen) atoms. The van der Waals surface area contributed by atoms with Crippen molar-refractivity contribution >= 4 is 38.3 Å². The summed E-state index contributed by atoms with van der Waals surface area (Å²) in [4.78, 5) is 31.0. The number of fused-ring (bicyclic) bond motifs is 1. The number of aromatic nitrogens is 2. The van der Waals surface area contributed by atoms with Crippen LogP contribution in [0.4, 0.5) is 15.9 Å². The van der Waals surface area contributed by atoms with Gasteiger partial charge in [0.2, 0.25) is 5.56 Å². The summed E-state index contributed by atoms with van der Waals surface area (Å²) in [5.74, 6) is -1.68. The summed E-state index contributed by atoms with van der Waals surface area (Å²) >= 11 is 0. The predicted molar refractivity (Wildman–Crippen MR) is 116 cm³/mol. The van der Waals surface area contributed by atoms with Gasteiger partial charge in [-0.15, -0.1) is 0 Å². The van der Waals surface area contributed by atoms with E-state index in [1.54, 1.807) is 0 Å². The molecule has 1 amide bonds. The van der Waals surface area contributed by atoms with Crippen molar-refractivity contribution in [1.82, 2.24) is 9.97 Å². The molecule has 4 N–H and O–H groups in total. The van der Waals surface area contributed by atoms with E-state index in [0.717, 1.165) is 18.2 Å². The molecule has 0 saturated carbocycles. The van der Waals surface area contributed by atoms with Gasteiger partial charge in [-0.1, -0.05) is 0 Å². The number of hydrogen-bond acceptors (Lipinski definition) is 6. The molecule has 0 aliphatic carbocycles. The Kier molecular flexibility index (Phi) is 5.33. The molecule has 0 fully saturated rings. The number of carbonyl (C=O) groups is 1. The maximum Gasteiger partial charge on any atom is 0.261 e. The summed E-state index contributed by atoms with van der Waals surface area (Å²) in [6, 6.07) is 12.4. The van der Waals surface area contributed by atoms with Gasteiger partial charge in [-0.05, 0) is 54.6 Å². The molecule has 2 aromatic carbocycles. The molecule has 11 heteroatoms. The van der Waals surface area contributed by atoms with Gasteiger partial charge in [0.15, 0.2) is 11.6 Å². The fraction of sp³-hybridized carbons (Fsp3) is 0. The minimum Gasteiger partial charge on any atom is -0.504 e. The lowest BCUT2D eigenvalue weighted by Crippen LogP contribution is -2.18. The Labute approximate surface area is 180 Å². The number of benzene rings is 2. The minimum absolute atomic E-state index is 0.118. The molecule has 0 aliphatic rings. The molecule has 9 nitrogen and oxygen atoms in total. The molecule has 0 atom stereocenters. The largest absolute Gasteiger partial charge is 0.504 e. The number of aromatic hydroxyl groups is 1. The van der Waals surface area contributed by atoms with E-state index in [2.05, 4.69) is 20.0 Å². The molecule has 4 aromatic rings. The second-order valence-corrected chi connectivity index (χ2v) is 8.37. The first kappa shape index (κ1) is 21.0. The van der Waals surface area contributed by atoms with Crippen LogP contribution in [-0.4, -0.2) is 29.4 Å². The van der Waals surface area contributed by atoms with Crippen molar-refractivity contribution in [2.45, 2.75) is 4.90 Å². The normalized spacial score (nSPS) is 11.3. The summed E-state index contributed by atoms with van der Waals surface area (Å²) in [6.45, 7) is 0. The highest BCUT2D eigenvalue weighted by atomic mass is 32.2. The molecule has 0 aliphatic heterocycles. The molecule has 162 valence electrons. The fourth-order valence-electron chi connectivity index (χ4n) is 2.99. The first-order valence-corrected chi connectivity index (χ1v) is 10.6. The average Bonchev–Trinajstić information content (AvgIpc) is 2.76. The van der Waals surface area contributed by atoms with E-state index in [1.165, 1.54) is 48.7 Å². The zero-order valence-corrected chi connectivity index (χ0v) is 17.0. The number of H-pyrrole nitrogens is 1. The van der Waals surface area contributed by atoms with Gasteiger partial charge in [0.1, 0.15) is 5.82 Å². The van der Waals surface area contributed by atoms with Crippen LogP contribution in [0.25, 0.3) is 10.9 Å². The molecule has 0 bridgehead atoms. The van der Waals surface area contributed by atoms with Crippen LogP contribution in [0.1, 0.15) is 10.4 Å². The monoisotopic (exact) mass is 454 g/mol. The van der Waals surface area contributed by atoms with Crippen LogP contribution in [0.15, 0.2) is 76.6 Å². The third kappa shape index (κ3) is 4.27. The van der Waals surface area contributed by atoms with Crippen LogP contribution >= 0.6 is 0 Å². The predicted octanol–water partition coefficient (Wildman–Crippen LogP) is 2.82. The van der Waals surface area contributed by atoms with Gasteiger partial charge >= 0.3 is 0 Å². The maximum atomic E-state index is 13.1. The van der Waals surface area contributed by atoms with Crippen LogP contribution in [0, 0.1) is 5.82 Å². The first-order chi connectivity index (χ1) is 15.2. The molecular weight excluding hydrogens is 439 g/mol. The van der Waals surface area contributed by atoms with E-state index in [4.69, 9.17) is 0 Å². The standard InChI is InChI=1S/C21H15FN4O5S/c22-12-3-5-13(6-4-12)26-32(30,31)14-7-8-17-15(10-14)16(11-19(28)24-17)21(29)25-20-18(27)2-1-9-23-20/h1-11,26-27H,(H,24,28)(H,23,25,29). The van der Waals surface area contributed by atoms with E-state index < -0.39 is 27.3 Å². The number of nitrogens with one attached hydrogen (secondary N) is 3. The molecule has 0 radical (unpaired) electrons. The van der Waals surface area contributed by atoms with Gasteiger partial charge < -0.3 is 15.4 Å². The summed E-state index contributed by atoms with van der Waals surface area (Å²) < 4.78 is 41.0. The quantitative estimate of drug-likeness (QED) is 0.365. The fourth-order valence-corrected chi connectivity index (χ4v) is 4.07. The number of hydrogen-bond donors (Lipinski definition) is 4. The number of aromatic amines is 1. The van der Waals surface area contributed by atoms with E-state index in [9.17, 15) is 27.5 Å². The minimum atomic E-state index is -4.08. The van der Waals surface area contributed by atoms with Gasteiger partial charge in [-0.25, -0.2) is 17.8 Å². The van der Waals surface area contributed by atoms with Crippen LogP contribution in [0.2, 0.25) is 0 Å². The second kappa shape index (κ2) is 8.12. The second-order valence-electron chi connectivity index (χ2n) is 6.69. The highest BCUT2D eigenvalue weighted by molar-refractivity contribution is 7.92. The molecule has 0 spiro atoms. The molecule has 2 heterocycles.